The summed E-state index contributed by atoms with van der Waals surface area (Å²) in [6.07, 6.45) is 2.77. The van der Waals surface area contributed by atoms with Crippen molar-refractivity contribution in [1.29, 1.82) is 0 Å². The third-order valence-electron chi connectivity index (χ3n) is 4.27. The monoisotopic (exact) mass is 249 g/mol. The van der Waals surface area contributed by atoms with E-state index in [9.17, 15) is 5.11 Å². The Labute approximate surface area is 109 Å². The first-order chi connectivity index (χ1) is 8.39. The van der Waals surface area contributed by atoms with Crippen LogP contribution >= 0.6 is 0 Å². The van der Waals surface area contributed by atoms with Gasteiger partial charge in [-0.2, -0.15) is 0 Å². The summed E-state index contributed by atoms with van der Waals surface area (Å²) in [4.78, 5) is 0. The lowest BCUT2D eigenvalue weighted by molar-refractivity contribution is 0.0574. The van der Waals surface area contributed by atoms with Gasteiger partial charge in [0.1, 0.15) is 17.1 Å². The Balaban J connectivity index is 2.50. The van der Waals surface area contributed by atoms with E-state index < -0.39 is 0 Å². The van der Waals surface area contributed by atoms with Crippen molar-refractivity contribution in [1.82, 2.24) is 0 Å². The molecule has 3 nitrogen and oxygen atoms in total. The first-order valence-corrected chi connectivity index (χ1v) is 6.60. The topological polar surface area (TPSA) is 55.5 Å². The minimum atomic E-state index is -0.164. The van der Waals surface area contributed by atoms with Crippen molar-refractivity contribution in [3.63, 3.8) is 0 Å². The Kier molecular flexibility index (Phi) is 3.28. The van der Waals surface area contributed by atoms with Crippen molar-refractivity contribution >= 4 is 0 Å². The predicted molar refractivity (Wildman–Crippen MR) is 73.3 cm³/mol. The molecule has 1 heterocycles. The van der Waals surface area contributed by atoms with Crippen LogP contribution in [0.5, 0.6) is 11.5 Å². The summed E-state index contributed by atoms with van der Waals surface area (Å²) in [6.45, 7) is 8.69. The highest BCUT2D eigenvalue weighted by atomic mass is 16.5. The highest BCUT2D eigenvalue weighted by Gasteiger charge is 2.33. The van der Waals surface area contributed by atoms with E-state index in [4.69, 9.17) is 10.5 Å². The first kappa shape index (κ1) is 13.2. The first-order valence-electron chi connectivity index (χ1n) is 6.60. The maximum atomic E-state index is 10.1. The second kappa shape index (κ2) is 4.47. The quantitative estimate of drug-likeness (QED) is 0.847. The van der Waals surface area contributed by atoms with Gasteiger partial charge in [0, 0.05) is 5.56 Å². The summed E-state index contributed by atoms with van der Waals surface area (Å²) in [5, 5.41) is 10.1. The average Bonchev–Trinajstić information content (AvgIpc) is 2.34. The van der Waals surface area contributed by atoms with E-state index in [1.54, 1.807) is 0 Å². The minimum absolute atomic E-state index is 0.164. The number of rotatable bonds is 2. The second-order valence-corrected chi connectivity index (χ2v) is 5.62. The van der Waals surface area contributed by atoms with Crippen LogP contribution in [0.25, 0.3) is 0 Å². The lowest BCUT2D eigenvalue weighted by Gasteiger charge is -2.37. The minimum Gasteiger partial charge on any atom is -0.507 e. The molecule has 1 atom stereocenters. The molecule has 0 aliphatic carbocycles. The molecular formula is C15H23NO2. The zero-order valence-electron chi connectivity index (χ0n) is 11.8. The molecule has 0 amide bonds. The van der Waals surface area contributed by atoms with E-state index in [0.717, 1.165) is 47.3 Å². The van der Waals surface area contributed by atoms with E-state index in [2.05, 4.69) is 6.92 Å². The van der Waals surface area contributed by atoms with Crippen molar-refractivity contribution in [2.45, 2.75) is 52.6 Å². The summed E-state index contributed by atoms with van der Waals surface area (Å²) in [7, 11) is 0. The van der Waals surface area contributed by atoms with Gasteiger partial charge in [-0.15, -0.1) is 0 Å². The van der Waals surface area contributed by atoms with Gasteiger partial charge < -0.3 is 15.6 Å². The largest absolute Gasteiger partial charge is 0.507 e. The molecule has 18 heavy (non-hydrogen) atoms. The van der Waals surface area contributed by atoms with Gasteiger partial charge in [0.15, 0.2) is 0 Å². The maximum absolute atomic E-state index is 10.1. The Hall–Kier alpha value is -1.22. The molecule has 3 N–H and O–H groups in total. The smallest absolute Gasteiger partial charge is 0.127 e. The van der Waals surface area contributed by atoms with Crippen LogP contribution in [-0.2, 0) is 6.42 Å². The number of phenolic OH excluding ortho intramolecular Hbond substituents is 1. The number of benzene rings is 1. The number of hydrogen-bond donors (Lipinski definition) is 2. The second-order valence-electron chi connectivity index (χ2n) is 5.62. The number of fused-ring (bicyclic) bond motifs is 1. The summed E-state index contributed by atoms with van der Waals surface area (Å²) in [5.74, 6) is 1.38. The fraction of sp³-hybridized carbons (Fsp3) is 0.600. The van der Waals surface area contributed by atoms with Gasteiger partial charge in [-0.3, -0.25) is 0 Å². The van der Waals surface area contributed by atoms with Crippen LogP contribution in [-0.4, -0.2) is 17.3 Å². The summed E-state index contributed by atoms with van der Waals surface area (Å²) in [5.41, 5.74) is 9.59. The molecule has 1 aromatic rings. The fourth-order valence-corrected chi connectivity index (χ4v) is 2.78. The summed E-state index contributed by atoms with van der Waals surface area (Å²) in [6, 6.07) is 0. The summed E-state index contributed by atoms with van der Waals surface area (Å²) < 4.78 is 6.22. The van der Waals surface area contributed by atoms with E-state index >= 15 is 0 Å². The van der Waals surface area contributed by atoms with Crippen LogP contribution < -0.4 is 10.5 Å². The molecule has 0 aromatic heterocycles. The van der Waals surface area contributed by atoms with Gasteiger partial charge in [0.05, 0.1) is 0 Å². The van der Waals surface area contributed by atoms with Crippen molar-refractivity contribution in [3.05, 3.63) is 22.3 Å². The third-order valence-corrected chi connectivity index (χ3v) is 4.27. The van der Waals surface area contributed by atoms with Crippen molar-refractivity contribution in [3.8, 4) is 11.5 Å². The van der Waals surface area contributed by atoms with Gasteiger partial charge >= 0.3 is 0 Å². The van der Waals surface area contributed by atoms with Gasteiger partial charge in [-0.25, -0.2) is 0 Å². The van der Waals surface area contributed by atoms with Crippen molar-refractivity contribution in [2.24, 2.45) is 5.73 Å². The molecule has 0 unspecified atom stereocenters. The molecular weight excluding hydrogens is 226 g/mol. The molecule has 1 aliphatic heterocycles. The summed E-state index contributed by atoms with van der Waals surface area (Å²) >= 11 is 0. The average molecular weight is 249 g/mol. The van der Waals surface area contributed by atoms with Crippen LogP contribution in [0.15, 0.2) is 0 Å². The maximum Gasteiger partial charge on any atom is 0.127 e. The number of ether oxygens (including phenoxy) is 1. The van der Waals surface area contributed by atoms with Crippen molar-refractivity contribution < 1.29 is 9.84 Å². The van der Waals surface area contributed by atoms with Crippen molar-refractivity contribution in [2.75, 3.05) is 6.54 Å². The molecule has 0 bridgehead atoms. The van der Waals surface area contributed by atoms with Gasteiger partial charge in [0.2, 0.25) is 0 Å². The lowest BCUT2D eigenvalue weighted by atomic mass is 9.85. The fourth-order valence-electron chi connectivity index (χ4n) is 2.78. The van der Waals surface area contributed by atoms with E-state index in [1.807, 2.05) is 20.8 Å². The number of hydrogen-bond acceptors (Lipinski definition) is 3. The van der Waals surface area contributed by atoms with Crippen LogP contribution in [0.1, 0.15) is 42.0 Å². The highest BCUT2D eigenvalue weighted by Crippen LogP contribution is 2.43. The van der Waals surface area contributed by atoms with Crippen LogP contribution in [0.3, 0.4) is 0 Å². The molecule has 2 rings (SSSR count). The normalized spacial score (nSPS) is 22.5. The van der Waals surface area contributed by atoms with Gasteiger partial charge in [-0.1, -0.05) is 0 Å². The Morgan fingerprint density at radius 1 is 1.22 bits per heavy atom. The number of nitrogens with two attached hydrogens (primary N) is 1. The lowest BCUT2D eigenvalue weighted by Crippen LogP contribution is -2.39. The van der Waals surface area contributed by atoms with E-state index in [0.29, 0.717) is 12.3 Å². The number of aromatic hydroxyl groups is 1. The molecule has 100 valence electrons. The zero-order chi connectivity index (χ0) is 13.5. The molecule has 1 aliphatic rings. The Morgan fingerprint density at radius 3 is 2.50 bits per heavy atom. The third kappa shape index (κ3) is 1.97. The number of phenols is 1. The molecule has 0 saturated heterocycles. The molecule has 0 radical (unpaired) electrons. The highest BCUT2D eigenvalue weighted by molar-refractivity contribution is 5.58. The zero-order valence-corrected chi connectivity index (χ0v) is 11.8. The Bertz CT molecular complexity index is 482. The molecule has 0 fully saturated rings. The predicted octanol–water partition coefficient (Wildman–Crippen LogP) is 2.75. The molecule has 3 heteroatoms. The molecule has 0 spiro atoms. The van der Waals surface area contributed by atoms with Crippen LogP contribution in [0.2, 0.25) is 0 Å². The van der Waals surface area contributed by atoms with E-state index in [1.165, 1.54) is 0 Å². The standard InChI is InChI=1S/C15H23NO2/c1-9-10(2)14-12(11(3)13(9)17)5-6-15(4,18-14)7-8-16/h17H,5-8,16H2,1-4H3/t15-/m1/s1. The molecule has 1 aromatic carbocycles. The Morgan fingerprint density at radius 2 is 1.89 bits per heavy atom. The van der Waals surface area contributed by atoms with Gasteiger partial charge in [-0.05, 0) is 70.2 Å². The van der Waals surface area contributed by atoms with E-state index in [-0.39, 0.29) is 5.60 Å². The van der Waals surface area contributed by atoms with Crippen LogP contribution in [0, 0.1) is 20.8 Å². The van der Waals surface area contributed by atoms with Gasteiger partial charge in [0.25, 0.3) is 0 Å². The van der Waals surface area contributed by atoms with Crippen LogP contribution in [0.4, 0.5) is 0 Å². The molecule has 0 saturated carbocycles. The SMILES string of the molecule is Cc1c(C)c2c(c(C)c1O)CC[C@](C)(CCN)O2.